The summed E-state index contributed by atoms with van der Waals surface area (Å²) in [4.78, 5) is 0. The van der Waals surface area contributed by atoms with Gasteiger partial charge in [-0.2, -0.15) is 0 Å². The summed E-state index contributed by atoms with van der Waals surface area (Å²) in [5.74, 6) is 5.36. The van der Waals surface area contributed by atoms with E-state index in [9.17, 15) is 16.9 Å². The Bertz CT molecular complexity index is 161. The van der Waals surface area contributed by atoms with Gasteiger partial charge in [-0.3, -0.25) is 0 Å². The molecule has 0 aliphatic carbocycles. The Morgan fingerprint density at radius 2 is 0.909 bits per heavy atom. The zero-order valence-corrected chi connectivity index (χ0v) is 8.27. The molecule has 0 saturated heterocycles. The van der Waals surface area contributed by atoms with Crippen LogP contribution in [0.25, 0.3) is 0 Å². The van der Waals surface area contributed by atoms with Crippen molar-refractivity contribution in [3.63, 3.8) is 0 Å². The summed E-state index contributed by atoms with van der Waals surface area (Å²) in [7, 11) is 0. The zero-order valence-electron chi connectivity index (χ0n) is 6.72. The van der Waals surface area contributed by atoms with E-state index >= 15 is 0 Å². The number of hydrogen-bond acceptors (Lipinski definition) is 0. The van der Waals surface area contributed by atoms with E-state index in [1.54, 1.807) is 0 Å². The Morgan fingerprint density at radius 3 is 0.909 bits per heavy atom. The molecule has 0 radical (unpaired) electrons. The molecule has 0 amide bonds. The second-order valence-electron chi connectivity index (χ2n) is 1.46. The SMILES string of the molecule is CC#CC.[F][Sb-]([F])([F])([F])([F])[F].[H+]. The summed E-state index contributed by atoms with van der Waals surface area (Å²) >= 11 is -11.2. The largest absolute Gasteiger partial charge is 1.00 e. The zero-order chi connectivity index (χ0) is 9.82. The first-order chi connectivity index (χ1) is 4.36. The van der Waals surface area contributed by atoms with E-state index in [-0.39, 0.29) is 1.43 Å². The van der Waals surface area contributed by atoms with E-state index in [1.807, 2.05) is 13.8 Å². The Hall–Kier alpha value is -0.0418. The van der Waals surface area contributed by atoms with Gasteiger partial charge in [0, 0.05) is 0 Å². The fraction of sp³-hybridized carbons (Fsp3) is 0.500. The summed E-state index contributed by atoms with van der Waals surface area (Å²) in [6.07, 6.45) is 0. The van der Waals surface area contributed by atoms with Crippen molar-refractivity contribution in [3.05, 3.63) is 0 Å². The average molecular weight is 291 g/mol. The van der Waals surface area contributed by atoms with Gasteiger partial charge in [0.2, 0.25) is 0 Å². The first kappa shape index (κ1) is 13.5. The Balaban J connectivity index is -0.000000142. The van der Waals surface area contributed by atoms with Crippen molar-refractivity contribution >= 4 is 19.5 Å². The molecule has 0 nitrogen and oxygen atoms in total. The molecule has 0 heterocycles. The molecule has 11 heavy (non-hydrogen) atoms. The first-order valence-corrected chi connectivity index (χ1v) is 8.05. The van der Waals surface area contributed by atoms with Gasteiger partial charge in [0.25, 0.3) is 0 Å². The fourth-order valence-corrected chi connectivity index (χ4v) is 0. The van der Waals surface area contributed by atoms with E-state index in [1.165, 1.54) is 0 Å². The van der Waals surface area contributed by atoms with Gasteiger partial charge in [-0.05, 0) is 13.8 Å². The molecule has 70 valence electrons. The average Bonchev–Trinajstić information content (AvgIpc) is 1.57. The monoisotopic (exact) mass is 290 g/mol. The van der Waals surface area contributed by atoms with Crippen LogP contribution in [0.5, 0.6) is 0 Å². The third kappa shape index (κ3) is 687. The summed E-state index contributed by atoms with van der Waals surface area (Å²) in [6.45, 7) is 3.64. The minimum Gasteiger partial charge on any atom is 1.00 e. The molecule has 0 bridgehead atoms. The van der Waals surface area contributed by atoms with Gasteiger partial charge in [0.1, 0.15) is 0 Å². The van der Waals surface area contributed by atoms with Crippen LogP contribution in [0, 0.1) is 11.8 Å². The Labute approximate surface area is 64.0 Å². The van der Waals surface area contributed by atoms with Crippen molar-refractivity contribution < 1.29 is 18.3 Å². The van der Waals surface area contributed by atoms with E-state index < -0.39 is 19.5 Å². The van der Waals surface area contributed by atoms with Gasteiger partial charge in [0.15, 0.2) is 0 Å². The normalized spacial score (nSPS) is 16.0. The maximum Gasteiger partial charge on any atom is 1.00 e. The van der Waals surface area contributed by atoms with Crippen LogP contribution in [0.2, 0.25) is 0 Å². The maximum atomic E-state index is 9.93. The molecule has 0 N–H and O–H groups in total. The number of hydrogen-bond donors (Lipinski definition) is 0. The molecule has 0 atom stereocenters. The summed E-state index contributed by atoms with van der Waals surface area (Å²) < 4.78 is 59.6. The second-order valence-corrected chi connectivity index (χ2v) is 6.93. The van der Waals surface area contributed by atoms with Crippen molar-refractivity contribution in [3.8, 4) is 11.8 Å². The van der Waals surface area contributed by atoms with Crippen LogP contribution in [0.15, 0.2) is 0 Å². The molecule has 0 rings (SSSR count). The van der Waals surface area contributed by atoms with Crippen molar-refractivity contribution in [2.75, 3.05) is 0 Å². The van der Waals surface area contributed by atoms with Crippen LogP contribution in [-0.2, 0) is 0 Å². The van der Waals surface area contributed by atoms with E-state index in [0.29, 0.717) is 0 Å². The fourth-order valence-electron chi connectivity index (χ4n) is 0. The molecule has 0 spiro atoms. The van der Waals surface area contributed by atoms with Crippen molar-refractivity contribution in [2.45, 2.75) is 13.8 Å². The van der Waals surface area contributed by atoms with Gasteiger partial charge < -0.3 is 0 Å². The van der Waals surface area contributed by atoms with Crippen LogP contribution in [0.3, 0.4) is 0 Å². The first-order valence-electron chi connectivity index (χ1n) is 2.26. The second kappa shape index (κ2) is 2.78. The van der Waals surface area contributed by atoms with Crippen LogP contribution < -0.4 is 0 Å². The summed E-state index contributed by atoms with van der Waals surface area (Å²) in [5.41, 5.74) is 0. The molecule has 0 aromatic carbocycles. The predicted octanol–water partition coefficient (Wildman–Crippen LogP) is 3.28. The summed E-state index contributed by atoms with van der Waals surface area (Å²) in [5, 5.41) is 0. The van der Waals surface area contributed by atoms with E-state index in [4.69, 9.17) is 0 Å². The Kier molecular flexibility index (Phi) is 3.42. The van der Waals surface area contributed by atoms with Crippen molar-refractivity contribution in [2.24, 2.45) is 0 Å². The van der Waals surface area contributed by atoms with E-state index in [0.717, 1.165) is 0 Å². The van der Waals surface area contributed by atoms with Gasteiger partial charge in [-0.15, -0.1) is 11.8 Å². The molecule has 0 unspecified atom stereocenters. The molecule has 0 aliphatic heterocycles. The molecule has 0 aromatic heterocycles. The molecular weight excluding hydrogens is 284 g/mol. The molecule has 0 aliphatic rings. The van der Waals surface area contributed by atoms with Gasteiger partial charge in [-0.1, -0.05) is 0 Å². The maximum absolute atomic E-state index is 11.2. The van der Waals surface area contributed by atoms with Crippen molar-refractivity contribution in [1.29, 1.82) is 0 Å². The third-order valence-corrected chi connectivity index (χ3v) is 0.250. The van der Waals surface area contributed by atoms with Crippen LogP contribution in [0.1, 0.15) is 15.3 Å². The smallest absolute Gasteiger partial charge is 1.00 e. The van der Waals surface area contributed by atoms with Gasteiger partial charge in [-0.25, -0.2) is 0 Å². The standard InChI is InChI=1S/C4H6.6FH.Sb/c1-3-4-2;;;;;;;/h1-2H3;6*1H;/q;;;;;;;+5/p-5. The predicted molar refractivity (Wildman–Crippen MR) is 32.6 cm³/mol. The van der Waals surface area contributed by atoms with E-state index in [2.05, 4.69) is 11.8 Å². The number of rotatable bonds is 0. The van der Waals surface area contributed by atoms with Crippen LogP contribution in [0.4, 0.5) is 16.9 Å². The topological polar surface area (TPSA) is 0 Å². The Morgan fingerprint density at radius 1 is 0.818 bits per heavy atom. The van der Waals surface area contributed by atoms with Gasteiger partial charge >= 0.3 is 37.8 Å². The van der Waals surface area contributed by atoms with Crippen LogP contribution in [-0.4, -0.2) is 19.5 Å². The molecule has 0 aromatic rings. The molecular formula is C4H7F6Sb. The van der Waals surface area contributed by atoms with Crippen LogP contribution >= 0.6 is 0 Å². The quantitative estimate of drug-likeness (QED) is 0.365. The molecule has 7 heteroatoms. The third-order valence-electron chi connectivity index (χ3n) is 0.250. The number of halogens is 6. The molecule has 0 fully saturated rings. The minimum absolute atomic E-state index is 0. The van der Waals surface area contributed by atoms with Crippen molar-refractivity contribution in [1.82, 2.24) is 0 Å². The summed E-state index contributed by atoms with van der Waals surface area (Å²) in [6, 6.07) is 0. The minimum atomic E-state index is -11.2. The van der Waals surface area contributed by atoms with Gasteiger partial charge in [0.05, 0.1) is 0 Å². The molecule has 0 saturated carbocycles.